The van der Waals surface area contributed by atoms with Crippen molar-refractivity contribution in [2.45, 2.75) is 25.5 Å². The van der Waals surface area contributed by atoms with Crippen molar-refractivity contribution in [1.82, 2.24) is 10.2 Å². The number of benzene rings is 1. The third kappa shape index (κ3) is 4.20. The van der Waals surface area contributed by atoms with E-state index in [2.05, 4.69) is 17.4 Å². The summed E-state index contributed by atoms with van der Waals surface area (Å²) in [5.41, 5.74) is 1.83. The van der Waals surface area contributed by atoms with Crippen LogP contribution in [-0.2, 0) is 13.0 Å². The number of nitrogens with one attached hydrogen (secondary N) is 1. The van der Waals surface area contributed by atoms with Gasteiger partial charge in [0, 0.05) is 26.1 Å². The van der Waals surface area contributed by atoms with Crippen LogP contribution in [0.5, 0.6) is 5.75 Å². The second-order valence-electron chi connectivity index (χ2n) is 5.88. The Balaban J connectivity index is 1.83. The van der Waals surface area contributed by atoms with Crippen molar-refractivity contribution in [1.29, 1.82) is 0 Å². The molecule has 0 amide bonds. The van der Waals surface area contributed by atoms with Crippen LogP contribution in [0.3, 0.4) is 0 Å². The highest BCUT2D eigenvalue weighted by Crippen LogP contribution is 2.25. The van der Waals surface area contributed by atoms with E-state index in [0.29, 0.717) is 13.1 Å². The lowest BCUT2D eigenvalue weighted by molar-refractivity contribution is 0.0336. The summed E-state index contributed by atoms with van der Waals surface area (Å²) in [6, 6.07) is 6.31. The topological polar surface area (TPSA) is 44.7 Å². The highest BCUT2D eigenvalue weighted by atomic mass is 16.5. The summed E-state index contributed by atoms with van der Waals surface area (Å²) in [5.74, 6) is 1.02. The van der Waals surface area contributed by atoms with Crippen LogP contribution in [0.25, 0.3) is 0 Å². The number of fused-ring (bicyclic) bond motifs is 1. The molecule has 106 valence electrons. The number of hydrogen-bond acceptors (Lipinski definition) is 4. The van der Waals surface area contributed by atoms with E-state index >= 15 is 0 Å². The number of likely N-dealkylation sites (N-methyl/N-ethyl adjacent to an activating group) is 1. The molecule has 0 radical (unpaired) electrons. The zero-order valence-corrected chi connectivity index (χ0v) is 12.1. The van der Waals surface area contributed by atoms with Crippen molar-refractivity contribution in [2.24, 2.45) is 0 Å². The van der Waals surface area contributed by atoms with Crippen molar-refractivity contribution >= 4 is 0 Å². The third-order valence-corrected chi connectivity index (χ3v) is 3.25. The number of ether oxygens (including phenoxy) is 1. The van der Waals surface area contributed by atoms with E-state index in [4.69, 9.17) is 4.74 Å². The largest absolute Gasteiger partial charge is 0.493 e. The fraction of sp³-hybridized carbons (Fsp3) is 0.600. The van der Waals surface area contributed by atoms with Crippen molar-refractivity contribution in [3.05, 3.63) is 29.3 Å². The molecule has 2 N–H and O–H groups in total. The lowest BCUT2D eigenvalue weighted by atomic mass is 10.1. The smallest absolute Gasteiger partial charge is 0.122 e. The van der Waals surface area contributed by atoms with Crippen LogP contribution < -0.4 is 10.1 Å². The minimum atomic E-state index is -0.705. The molecule has 0 saturated heterocycles. The Morgan fingerprint density at radius 1 is 1.42 bits per heavy atom. The van der Waals surface area contributed by atoms with E-state index in [9.17, 15) is 5.11 Å². The first-order valence-electron chi connectivity index (χ1n) is 6.79. The summed E-state index contributed by atoms with van der Waals surface area (Å²) in [6.07, 6.45) is 1.00. The van der Waals surface area contributed by atoms with Gasteiger partial charge in [-0.3, -0.25) is 0 Å². The molecular formula is C15H24N2O2. The van der Waals surface area contributed by atoms with Gasteiger partial charge in [0.25, 0.3) is 0 Å². The second kappa shape index (κ2) is 5.90. The van der Waals surface area contributed by atoms with Gasteiger partial charge in [0.15, 0.2) is 0 Å². The summed E-state index contributed by atoms with van der Waals surface area (Å²) in [6.45, 7) is 4.66. The Bertz CT molecular complexity index is 430. The summed E-state index contributed by atoms with van der Waals surface area (Å²) in [4.78, 5) is 1.99. The quantitative estimate of drug-likeness (QED) is 0.805. The van der Waals surface area contributed by atoms with Gasteiger partial charge in [0.1, 0.15) is 5.75 Å². The van der Waals surface area contributed by atoms with Gasteiger partial charge in [-0.1, -0.05) is 12.1 Å². The molecule has 0 fully saturated rings. The number of rotatable bonds is 6. The van der Waals surface area contributed by atoms with Crippen LogP contribution in [0, 0.1) is 0 Å². The van der Waals surface area contributed by atoms with Crippen LogP contribution in [0.4, 0.5) is 0 Å². The number of hydrogen-bond donors (Lipinski definition) is 2. The molecular weight excluding hydrogens is 240 g/mol. The van der Waals surface area contributed by atoms with Crippen LogP contribution in [0.1, 0.15) is 18.1 Å². The van der Waals surface area contributed by atoms with Crippen molar-refractivity contribution in [3.63, 3.8) is 0 Å². The standard InChI is InChI=1S/C15H24N2O2/c1-15(18,11-17(2)3)10-16-9-12-4-5-14-13(8-12)6-7-19-14/h4-5,8,16,18H,6-7,9-11H2,1-3H3. The van der Waals surface area contributed by atoms with E-state index in [0.717, 1.165) is 25.3 Å². The van der Waals surface area contributed by atoms with Crippen LogP contribution in [-0.4, -0.2) is 49.4 Å². The van der Waals surface area contributed by atoms with Crippen LogP contribution >= 0.6 is 0 Å². The van der Waals surface area contributed by atoms with Gasteiger partial charge in [-0.05, 0) is 38.2 Å². The van der Waals surface area contributed by atoms with Gasteiger partial charge in [0.2, 0.25) is 0 Å². The van der Waals surface area contributed by atoms with E-state index in [-0.39, 0.29) is 0 Å². The van der Waals surface area contributed by atoms with Gasteiger partial charge in [-0.15, -0.1) is 0 Å². The molecule has 1 unspecified atom stereocenters. The van der Waals surface area contributed by atoms with Crippen LogP contribution in [0.15, 0.2) is 18.2 Å². The Kier molecular flexibility index (Phi) is 4.45. The first-order valence-corrected chi connectivity index (χ1v) is 6.79. The molecule has 0 bridgehead atoms. The molecule has 1 aliphatic rings. The maximum Gasteiger partial charge on any atom is 0.122 e. The van der Waals surface area contributed by atoms with Gasteiger partial charge in [-0.2, -0.15) is 0 Å². The summed E-state index contributed by atoms with van der Waals surface area (Å²) >= 11 is 0. The molecule has 4 nitrogen and oxygen atoms in total. The zero-order chi connectivity index (χ0) is 13.9. The molecule has 1 heterocycles. The van der Waals surface area contributed by atoms with Gasteiger partial charge < -0.3 is 20.1 Å². The minimum absolute atomic E-state index is 0.582. The fourth-order valence-electron chi connectivity index (χ4n) is 2.56. The molecule has 0 saturated carbocycles. The first kappa shape index (κ1) is 14.3. The molecule has 1 aliphatic heterocycles. The monoisotopic (exact) mass is 264 g/mol. The van der Waals surface area contributed by atoms with E-state index in [1.165, 1.54) is 11.1 Å². The average molecular weight is 264 g/mol. The van der Waals surface area contributed by atoms with Crippen LogP contribution in [0.2, 0.25) is 0 Å². The lowest BCUT2D eigenvalue weighted by Gasteiger charge is -2.27. The van der Waals surface area contributed by atoms with E-state index in [1.54, 1.807) is 0 Å². The molecule has 2 rings (SSSR count). The maximum atomic E-state index is 10.2. The molecule has 1 atom stereocenters. The van der Waals surface area contributed by atoms with E-state index in [1.807, 2.05) is 32.0 Å². The third-order valence-electron chi connectivity index (χ3n) is 3.25. The first-order chi connectivity index (χ1) is 8.96. The number of nitrogens with zero attached hydrogens (tertiary/aromatic N) is 1. The average Bonchev–Trinajstić information content (AvgIpc) is 2.74. The van der Waals surface area contributed by atoms with Gasteiger partial charge in [0.05, 0.1) is 12.2 Å². The highest BCUT2D eigenvalue weighted by molar-refractivity contribution is 5.39. The predicted octanol–water partition coefficient (Wildman–Crippen LogP) is 1.02. The van der Waals surface area contributed by atoms with Gasteiger partial charge in [-0.25, -0.2) is 0 Å². The molecule has 19 heavy (non-hydrogen) atoms. The minimum Gasteiger partial charge on any atom is -0.493 e. The Morgan fingerprint density at radius 2 is 2.21 bits per heavy atom. The zero-order valence-electron chi connectivity index (χ0n) is 12.1. The van der Waals surface area contributed by atoms with Crippen molar-refractivity contribution < 1.29 is 9.84 Å². The fourth-order valence-corrected chi connectivity index (χ4v) is 2.56. The summed E-state index contributed by atoms with van der Waals surface area (Å²) in [5, 5.41) is 13.5. The molecule has 0 spiro atoms. The van der Waals surface area contributed by atoms with E-state index < -0.39 is 5.60 Å². The predicted molar refractivity (Wildman–Crippen MR) is 76.5 cm³/mol. The molecule has 1 aromatic carbocycles. The summed E-state index contributed by atoms with van der Waals surface area (Å²) < 4.78 is 5.49. The maximum absolute atomic E-state index is 10.2. The molecule has 4 heteroatoms. The van der Waals surface area contributed by atoms with Gasteiger partial charge >= 0.3 is 0 Å². The van der Waals surface area contributed by atoms with Crippen molar-refractivity contribution in [3.8, 4) is 5.75 Å². The lowest BCUT2D eigenvalue weighted by Crippen LogP contribution is -2.45. The normalized spacial score (nSPS) is 17.1. The number of aliphatic hydroxyl groups is 1. The van der Waals surface area contributed by atoms with Crippen molar-refractivity contribution in [2.75, 3.05) is 33.8 Å². The SMILES string of the molecule is CN(C)CC(C)(O)CNCc1ccc2c(c1)CCO2. The summed E-state index contributed by atoms with van der Waals surface area (Å²) in [7, 11) is 3.93. The highest BCUT2D eigenvalue weighted by Gasteiger charge is 2.20. The Morgan fingerprint density at radius 3 is 2.95 bits per heavy atom. The Hall–Kier alpha value is -1.10. The molecule has 1 aromatic rings. The Labute approximate surface area is 115 Å². The second-order valence-corrected chi connectivity index (χ2v) is 5.88. The molecule has 0 aromatic heterocycles. The molecule has 0 aliphatic carbocycles.